The maximum absolute atomic E-state index is 5.98. The first kappa shape index (κ1) is 14.4. The zero-order chi connectivity index (χ0) is 14.7. The van der Waals surface area contributed by atoms with Crippen LogP contribution in [0.5, 0.6) is 5.75 Å². The molecule has 1 aliphatic rings. The minimum Gasteiger partial charge on any atom is -0.490 e. The first-order valence-electron chi connectivity index (χ1n) is 7.66. The van der Waals surface area contributed by atoms with Crippen LogP contribution in [0.2, 0.25) is 0 Å². The lowest BCUT2D eigenvalue weighted by atomic mass is 10.2. The number of aryl methyl sites for hydroxylation is 1. The van der Waals surface area contributed by atoms with Gasteiger partial charge in [-0.2, -0.15) is 0 Å². The molecule has 0 aliphatic heterocycles. The number of benzene rings is 1. The van der Waals surface area contributed by atoms with Gasteiger partial charge in [-0.15, -0.1) is 11.3 Å². The summed E-state index contributed by atoms with van der Waals surface area (Å²) < 4.78 is 5.98. The summed E-state index contributed by atoms with van der Waals surface area (Å²) in [5, 5.41) is 6.71. The summed E-state index contributed by atoms with van der Waals surface area (Å²) in [4.78, 5) is 4.52. The Morgan fingerprint density at radius 1 is 1.24 bits per heavy atom. The van der Waals surface area contributed by atoms with Gasteiger partial charge in [0.15, 0.2) is 0 Å². The third kappa shape index (κ3) is 3.76. The molecule has 4 heteroatoms. The number of aromatic nitrogens is 1. The number of thiazole rings is 1. The van der Waals surface area contributed by atoms with Gasteiger partial charge in [-0.3, -0.25) is 0 Å². The van der Waals surface area contributed by atoms with Crippen LogP contribution in [0.4, 0.5) is 5.69 Å². The van der Waals surface area contributed by atoms with Crippen molar-refractivity contribution in [3.63, 3.8) is 0 Å². The molecule has 3 nitrogen and oxygen atoms in total. The number of anilines is 1. The monoisotopic (exact) mass is 302 g/mol. The third-order valence-corrected chi connectivity index (χ3v) is 4.71. The van der Waals surface area contributed by atoms with Crippen LogP contribution in [0.25, 0.3) is 0 Å². The molecule has 0 amide bonds. The standard InChI is InChI=1S/C17H22N2OS/c1-12(17-11-21-13(2)19-17)18-14-7-9-16(10-8-14)20-15-5-3-4-6-15/h7-12,15,18H,3-6H2,1-2H3. The highest BCUT2D eigenvalue weighted by Gasteiger charge is 2.16. The van der Waals surface area contributed by atoms with Crippen LogP contribution in [0.15, 0.2) is 29.6 Å². The van der Waals surface area contributed by atoms with Gasteiger partial charge in [-0.1, -0.05) is 0 Å². The van der Waals surface area contributed by atoms with Crippen LogP contribution in [-0.2, 0) is 0 Å². The molecule has 1 saturated carbocycles. The number of nitrogens with zero attached hydrogens (tertiary/aromatic N) is 1. The average molecular weight is 302 g/mol. The maximum Gasteiger partial charge on any atom is 0.119 e. The van der Waals surface area contributed by atoms with Crippen LogP contribution in [0.3, 0.4) is 0 Å². The summed E-state index contributed by atoms with van der Waals surface area (Å²) in [7, 11) is 0. The molecular formula is C17H22N2OS. The topological polar surface area (TPSA) is 34.2 Å². The van der Waals surface area contributed by atoms with Crippen molar-refractivity contribution in [2.45, 2.75) is 51.7 Å². The Kier molecular flexibility index (Phi) is 4.44. The zero-order valence-corrected chi connectivity index (χ0v) is 13.5. The van der Waals surface area contributed by atoms with E-state index in [1.165, 1.54) is 25.7 Å². The van der Waals surface area contributed by atoms with Gasteiger partial charge in [0.2, 0.25) is 0 Å². The molecule has 2 aromatic rings. The fraction of sp³-hybridized carbons (Fsp3) is 0.471. The average Bonchev–Trinajstić information content (AvgIpc) is 3.12. The van der Waals surface area contributed by atoms with E-state index in [0.29, 0.717) is 6.10 Å². The second-order valence-electron chi connectivity index (χ2n) is 5.71. The molecule has 0 radical (unpaired) electrons. The second kappa shape index (κ2) is 6.48. The third-order valence-electron chi connectivity index (χ3n) is 3.92. The van der Waals surface area contributed by atoms with Crippen molar-refractivity contribution in [3.8, 4) is 5.75 Å². The predicted molar refractivity (Wildman–Crippen MR) is 88.2 cm³/mol. The molecule has 1 aromatic heterocycles. The molecule has 1 N–H and O–H groups in total. The van der Waals surface area contributed by atoms with Gasteiger partial charge in [0.05, 0.1) is 22.8 Å². The molecule has 1 aromatic carbocycles. The molecule has 21 heavy (non-hydrogen) atoms. The summed E-state index contributed by atoms with van der Waals surface area (Å²) in [6.45, 7) is 4.17. The van der Waals surface area contributed by atoms with Crippen molar-refractivity contribution in [2.24, 2.45) is 0 Å². The van der Waals surface area contributed by atoms with Gasteiger partial charge in [-0.25, -0.2) is 4.98 Å². The van der Waals surface area contributed by atoms with Crippen LogP contribution in [0, 0.1) is 6.92 Å². The van der Waals surface area contributed by atoms with Gasteiger partial charge in [-0.05, 0) is 63.8 Å². The van der Waals surface area contributed by atoms with E-state index in [9.17, 15) is 0 Å². The molecule has 1 fully saturated rings. The van der Waals surface area contributed by atoms with E-state index >= 15 is 0 Å². The van der Waals surface area contributed by atoms with Crippen LogP contribution in [0.1, 0.15) is 49.4 Å². The van der Waals surface area contributed by atoms with Gasteiger partial charge >= 0.3 is 0 Å². The fourth-order valence-corrected chi connectivity index (χ4v) is 3.44. The van der Waals surface area contributed by atoms with E-state index < -0.39 is 0 Å². The minimum atomic E-state index is 0.219. The molecule has 1 heterocycles. The predicted octanol–water partition coefficient (Wildman–Crippen LogP) is 4.95. The highest BCUT2D eigenvalue weighted by atomic mass is 32.1. The van der Waals surface area contributed by atoms with Gasteiger partial charge in [0.1, 0.15) is 5.75 Å². The Balaban J connectivity index is 1.58. The largest absolute Gasteiger partial charge is 0.490 e. The van der Waals surface area contributed by atoms with E-state index in [1.807, 2.05) is 6.92 Å². The normalized spacial score (nSPS) is 16.9. The van der Waals surface area contributed by atoms with Crippen molar-refractivity contribution >= 4 is 17.0 Å². The lowest BCUT2D eigenvalue weighted by Gasteiger charge is -2.15. The molecule has 1 atom stereocenters. The van der Waals surface area contributed by atoms with E-state index in [-0.39, 0.29) is 6.04 Å². The van der Waals surface area contributed by atoms with Gasteiger partial charge < -0.3 is 10.1 Å². The van der Waals surface area contributed by atoms with Crippen molar-refractivity contribution in [1.82, 2.24) is 4.98 Å². The molecular weight excluding hydrogens is 280 g/mol. The number of hydrogen-bond donors (Lipinski definition) is 1. The summed E-state index contributed by atoms with van der Waals surface area (Å²) >= 11 is 1.69. The minimum absolute atomic E-state index is 0.219. The smallest absolute Gasteiger partial charge is 0.119 e. The first-order chi connectivity index (χ1) is 10.2. The number of rotatable bonds is 5. The highest BCUT2D eigenvalue weighted by Crippen LogP contribution is 2.26. The first-order valence-corrected chi connectivity index (χ1v) is 8.54. The number of hydrogen-bond acceptors (Lipinski definition) is 4. The Morgan fingerprint density at radius 3 is 2.57 bits per heavy atom. The van der Waals surface area contributed by atoms with Crippen LogP contribution >= 0.6 is 11.3 Å². The summed E-state index contributed by atoms with van der Waals surface area (Å²) in [5.41, 5.74) is 2.20. The molecule has 3 rings (SSSR count). The molecule has 0 spiro atoms. The maximum atomic E-state index is 5.98. The van der Waals surface area contributed by atoms with Crippen molar-refractivity contribution < 1.29 is 4.74 Å². The quantitative estimate of drug-likeness (QED) is 0.849. The number of nitrogens with one attached hydrogen (secondary N) is 1. The fourth-order valence-electron chi connectivity index (χ4n) is 2.73. The molecule has 112 valence electrons. The van der Waals surface area contributed by atoms with Gasteiger partial charge in [0.25, 0.3) is 0 Å². The highest BCUT2D eigenvalue weighted by molar-refractivity contribution is 7.09. The summed E-state index contributed by atoms with van der Waals surface area (Å²) in [6.07, 6.45) is 5.41. The molecule has 0 saturated heterocycles. The molecule has 1 aliphatic carbocycles. The Labute approximate surface area is 130 Å². The van der Waals surface area contributed by atoms with E-state index in [1.54, 1.807) is 11.3 Å². The van der Waals surface area contributed by atoms with E-state index in [0.717, 1.165) is 22.1 Å². The molecule has 1 unspecified atom stereocenters. The van der Waals surface area contributed by atoms with E-state index in [2.05, 4.69) is 46.9 Å². The lowest BCUT2D eigenvalue weighted by molar-refractivity contribution is 0.210. The summed E-state index contributed by atoms with van der Waals surface area (Å²) in [5.74, 6) is 0.976. The summed E-state index contributed by atoms with van der Waals surface area (Å²) in [6, 6.07) is 8.50. The Morgan fingerprint density at radius 2 is 1.95 bits per heavy atom. The zero-order valence-electron chi connectivity index (χ0n) is 12.6. The Bertz CT molecular complexity index is 573. The van der Waals surface area contributed by atoms with Crippen molar-refractivity contribution in [3.05, 3.63) is 40.3 Å². The van der Waals surface area contributed by atoms with E-state index in [4.69, 9.17) is 4.74 Å². The lowest BCUT2D eigenvalue weighted by Crippen LogP contribution is -2.11. The molecule has 0 bridgehead atoms. The second-order valence-corrected chi connectivity index (χ2v) is 6.77. The van der Waals surface area contributed by atoms with Gasteiger partial charge in [0, 0.05) is 11.1 Å². The van der Waals surface area contributed by atoms with Crippen molar-refractivity contribution in [1.29, 1.82) is 0 Å². The van der Waals surface area contributed by atoms with Crippen LogP contribution < -0.4 is 10.1 Å². The number of ether oxygens (including phenoxy) is 1. The Hall–Kier alpha value is -1.55. The SMILES string of the molecule is Cc1nc(C(C)Nc2ccc(OC3CCCC3)cc2)cs1. The van der Waals surface area contributed by atoms with Crippen molar-refractivity contribution in [2.75, 3.05) is 5.32 Å². The van der Waals surface area contributed by atoms with Crippen LogP contribution in [-0.4, -0.2) is 11.1 Å².